The van der Waals surface area contributed by atoms with Crippen molar-refractivity contribution >= 4 is 23.2 Å². The van der Waals surface area contributed by atoms with Gasteiger partial charge in [-0.25, -0.2) is 0 Å². The number of nitrogens with one attached hydrogen (secondary N) is 1. The predicted octanol–water partition coefficient (Wildman–Crippen LogP) is 4.14. The Labute approximate surface area is 147 Å². The monoisotopic (exact) mass is 349 g/mol. The molecule has 0 amide bonds. The number of likely N-dealkylation sites (tertiary alicyclic amines) is 1. The van der Waals surface area contributed by atoms with Gasteiger partial charge in [-0.05, 0) is 55.3 Å². The van der Waals surface area contributed by atoms with Crippen LogP contribution >= 0.6 is 23.2 Å². The molecule has 1 saturated heterocycles. The number of rotatable bonds is 5. The first-order chi connectivity index (χ1) is 11.2. The highest BCUT2D eigenvalue weighted by molar-refractivity contribution is 6.42. The van der Waals surface area contributed by atoms with Crippen molar-refractivity contribution in [3.8, 4) is 0 Å². The van der Waals surface area contributed by atoms with Gasteiger partial charge in [0.15, 0.2) is 0 Å². The third-order valence-electron chi connectivity index (χ3n) is 4.30. The van der Waals surface area contributed by atoms with Crippen LogP contribution in [0, 0.1) is 0 Å². The largest absolute Gasteiger partial charge is 0.310 e. The summed E-state index contributed by atoms with van der Waals surface area (Å²) in [5.41, 5.74) is 2.46. The second kappa shape index (κ2) is 8.11. The summed E-state index contributed by atoms with van der Waals surface area (Å²) in [5, 5.41) is 4.89. The van der Waals surface area contributed by atoms with E-state index < -0.39 is 0 Å². The molecule has 0 spiro atoms. The molecule has 1 aromatic carbocycles. The zero-order valence-electron chi connectivity index (χ0n) is 13.0. The van der Waals surface area contributed by atoms with E-state index in [0.717, 1.165) is 26.2 Å². The molecule has 2 aromatic rings. The molecule has 122 valence electrons. The summed E-state index contributed by atoms with van der Waals surface area (Å²) < 4.78 is 0. The predicted molar refractivity (Wildman–Crippen MR) is 95.8 cm³/mol. The second-order valence-corrected chi connectivity index (χ2v) is 6.86. The zero-order valence-corrected chi connectivity index (χ0v) is 14.5. The summed E-state index contributed by atoms with van der Waals surface area (Å²) in [5.74, 6) is 0. The van der Waals surface area contributed by atoms with Crippen molar-refractivity contribution in [3.63, 3.8) is 0 Å². The van der Waals surface area contributed by atoms with Crippen LogP contribution in [0.3, 0.4) is 0 Å². The Balaban J connectivity index is 1.44. The SMILES string of the molecule is Clc1ccc(CN2CCC(NCc3cccnc3)CC2)cc1Cl. The Morgan fingerprint density at radius 3 is 2.61 bits per heavy atom. The highest BCUT2D eigenvalue weighted by atomic mass is 35.5. The Hall–Kier alpha value is -1.13. The van der Waals surface area contributed by atoms with Gasteiger partial charge < -0.3 is 5.32 Å². The van der Waals surface area contributed by atoms with Crippen LogP contribution in [0.4, 0.5) is 0 Å². The van der Waals surface area contributed by atoms with Gasteiger partial charge >= 0.3 is 0 Å². The molecule has 0 radical (unpaired) electrons. The molecule has 5 heteroatoms. The molecule has 1 aliphatic rings. The van der Waals surface area contributed by atoms with Gasteiger partial charge in [-0.2, -0.15) is 0 Å². The molecule has 3 nitrogen and oxygen atoms in total. The summed E-state index contributed by atoms with van der Waals surface area (Å²) in [6.45, 7) is 4.04. The minimum absolute atomic E-state index is 0.584. The van der Waals surface area contributed by atoms with E-state index in [9.17, 15) is 0 Å². The average Bonchev–Trinajstić information content (AvgIpc) is 2.58. The molecule has 0 atom stereocenters. The molecule has 23 heavy (non-hydrogen) atoms. The summed E-state index contributed by atoms with van der Waals surface area (Å²) in [4.78, 5) is 6.63. The lowest BCUT2D eigenvalue weighted by molar-refractivity contribution is 0.190. The van der Waals surface area contributed by atoms with Crippen molar-refractivity contribution < 1.29 is 0 Å². The molecule has 1 aliphatic heterocycles. The molecule has 1 fully saturated rings. The third kappa shape index (κ3) is 4.92. The number of piperidine rings is 1. The molecule has 3 rings (SSSR count). The van der Waals surface area contributed by atoms with Crippen molar-refractivity contribution in [3.05, 3.63) is 63.9 Å². The lowest BCUT2D eigenvalue weighted by Crippen LogP contribution is -2.41. The highest BCUT2D eigenvalue weighted by Crippen LogP contribution is 2.24. The molecule has 0 aliphatic carbocycles. The van der Waals surface area contributed by atoms with E-state index >= 15 is 0 Å². The fourth-order valence-corrected chi connectivity index (χ4v) is 3.28. The van der Waals surface area contributed by atoms with Gasteiger partial charge in [0.2, 0.25) is 0 Å². The third-order valence-corrected chi connectivity index (χ3v) is 5.03. The van der Waals surface area contributed by atoms with E-state index in [1.165, 1.54) is 24.0 Å². The molecule has 1 N–H and O–H groups in total. The van der Waals surface area contributed by atoms with Crippen LogP contribution in [-0.4, -0.2) is 29.0 Å². The Kier molecular flexibility index (Phi) is 5.90. The number of aromatic nitrogens is 1. The first-order valence-electron chi connectivity index (χ1n) is 7.99. The van der Waals surface area contributed by atoms with Crippen LogP contribution in [0.15, 0.2) is 42.7 Å². The van der Waals surface area contributed by atoms with E-state index in [0.29, 0.717) is 16.1 Å². The molecule has 2 heterocycles. The lowest BCUT2D eigenvalue weighted by Gasteiger charge is -2.32. The van der Waals surface area contributed by atoms with Gasteiger partial charge in [-0.3, -0.25) is 9.88 Å². The molecule has 0 unspecified atom stereocenters. The maximum absolute atomic E-state index is 6.09. The standard InChI is InChI=1S/C18H21Cl2N3/c19-17-4-3-14(10-18(17)20)13-23-8-5-16(6-9-23)22-12-15-2-1-7-21-11-15/h1-4,7,10-11,16,22H,5-6,8-9,12-13H2. The van der Waals surface area contributed by atoms with Crippen LogP contribution in [0.2, 0.25) is 10.0 Å². The van der Waals surface area contributed by atoms with Gasteiger partial charge in [-0.15, -0.1) is 0 Å². The number of hydrogen-bond acceptors (Lipinski definition) is 3. The van der Waals surface area contributed by atoms with Crippen LogP contribution < -0.4 is 5.32 Å². The Morgan fingerprint density at radius 2 is 1.91 bits per heavy atom. The number of nitrogens with zero attached hydrogens (tertiary/aromatic N) is 2. The average molecular weight is 350 g/mol. The van der Waals surface area contributed by atoms with Crippen LogP contribution in [0.25, 0.3) is 0 Å². The van der Waals surface area contributed by atoms with Crippen molar-refractivity contribution in [2.45, 2.75) is 32.0 Å². The van der Waals surface area contributed by atoms with E-state index in [4.69, 9.17) is 23.2 Å². The summed E-state index contributed by atoms with van der Waals surface area (Å²) >= 11 is 12.1. The van der Waals surface area contributed by atoms with Crippen LogP contribution in [-0.2, 0) is 13.1 Å². The van der Waals surface area contributed by atoms with E-state index in [1.807, 2.05) is 30.6 Å². The molecule has 0 bridgehead atoms. The van der Waals surface area contributed by atoms with Crippen molar-refractivity contribution in [2.24, 2.45) is 0 Å². The van der Waals surface area contributed by atoms with Gasteiger partial charge in [0.1, 0.15) is 0 Å². The van der Waals surface area contributed by atoms with Crippen molar-refractivity contribution in [2.75, 3.05) is 13.1 Å². The smallest absolute Gasteiger partial charge is 0.0595 e. The van der Waals surface area contributed by atoms with Crippen LogP contribution in [0.5, 0.6) is 0 Å². The first kappa shape index (κ1) is 16.7. The molecule has 1 aromatic heterocycles. The normalized spacial score (nSPS) is 16.6. The minimum Gasteiger partial charge on any atom is -0.310 e. The number of hydrogen-bond donors (Lipinski definition) is 1. The van der Waals surface area contributed by atoms with E-state index in [2.05, 4.69) is 27.3 Å². The topological polar surface area (TPSA) is 28.2 Å². The minimum atomic E-state index is 0.584. The maximum atomic E-state index is 6.09. The summed E-state index contributed by atoms with van der Waals surface area (Å²) in [6.07, 6.45) is 6.07. The summed E-state index contributed by atoms with van der Waals surface area (Å²) in [7, 11) is 0. The number of pyridine rings is 1. The lowest BCUT2D eigenvalue weighted by atomic mass is 10.0. The number of halogens is 2. The molecule has 0 saturated carbocycles. The molecular weight excluding hydrogens is 329 g/mol. The molecular formula is C18H21Cl2N3. The van der Waals surface area contributed by atoms with E-state index in [1.54, 1.807) is 0 Å². The maximum Gasteiger partial charge on any atom is 0.0595 e. The fraction of sp³-hybridized carbons (Fsp3) is 0.389. The first-order valence-corrected chi connectivity index (χ1v) is 8.75. The van der Waals surface area contributed by atoms with Crippen molar-refractivity contribution in [1.82, 2.24) is 15.2 Å². The Bertz CT molecular complexity index is 625. The fourth-order valence-electron chi connectivity index (χ4n) is 2.96. The number of benzene rings is 1. The highest BCUT2D eigenvalue weighted by Gasteiger charge is 2.19. The van der Waals surface area contributed by atoms with Gasteiger partial charge in [0.05, 0.1) is 10.0 Å². The van der Waals surface area contributed by atoms with Gasteiger partial charge in [-0.1, -0.05) is 35.3 Å². The summed E-state index contributed by atoms with van der Waals surface area (Å²) in [6, 6.07) is 10.6. The Morgan fingerprint density at radius 1 is 1.09 bits per heavy atom. The van der Waals surface area contributed by atoms with Crippen LogP contribution in [0.1, 0.15) is 24.0 Å². The van der Waals surface area contributed by atoms with Gasteiger partial charge in [0.25, 0.3) is 0 Å². The van der Waals surface area contributed by atoms with Gasteiger partial charge in [0, 0.05) is 31.5 Å². The van der Waals surface area contributed by atoms with E-state index in [-0.39, 0.29) is 0 Å². The zero-order chi connectivity index (χ0) is 16.1. The van der Waals surface area contributed by atoms with Crippen molar-refractivity contribution in [1.29, 1.82) is 0 Å². The second-order valence-electron chi connectivity index (χ2n) is 6.04. The quantitative estimate of drug-likeness (QED) is 0.878.